The summed E-state index contributed by atoms with van der Waals surface area (Å²) in [6, 6.07) is 8.52. The van der Waals surface area contributed by atoms with E-state index in [0.29, 0.717) is 17.6 Å². The van der Waals surface area contributed by atoms with E-state index >= 15 is 8.78 Å². The minimum atomic E-state index is -3.05. The van der Waals surface area contributed by atoms with Crippen molar-refractivity contribution in [1.82, 2.24) is 15.2 Å². The molecule has 0 saturated carbocycles. The molecular weight excluding hydrogens is 610 g/mol. The molecule has 6 rings (SSSR count). The first kappa shape index (κ1) is 31.4. The maximum Gasteiger partial charge on any atom is 0.387 e. The van der Waals surface area contributed by atoms with Gasteiger partial charge in [0.25, 0.3) is 11.8 Å². The first-order valence-electron chi connectivity index (χ1n) is 14.7. The summed E-state index contributed by atoms with van der Waals surface area (Å²) in [5, 5.41) is 2.63. The lowest BCUT2D eigenvalue weighted by Gasteiger charge is -2.33. The van der Waals surface area contributed by atoms with Crippen LogP contribution in [0.15, 0.2) is 48.5 Å². The predicted molar refractivity (Wildman–Crippen MR) is 160 cm³/mol. The molecule has 0 radical (unpaired) electrons. The van der Waals surface area contributed by atoms with E-state index in [1.165, 1.54) is 43.4 Å². The average molecular weight is 644 g/mol. The molecule has 0 unspecified atom stereocenters. The Kier molecular flexibility index (Phi) is 8.40. The predicted octanol–water partition coefficient (Wildman–Crippen LogP) is 4.19. The third kappa shape index (κ3) is 5.65. The number of likely N-dealkylation sites (tertiary alicyclic amines) is 1. The molecule has 3 fully saturated rings. The Balaban J connectivity index is 1.38. The van der Waals surface area contributed by atoms with Crippen LogP contribution >= 0.6 is 0 Å². The van der Waals surface area contributed by atoms with E-state index in [0.717, 1.165) is 31.6 Å². The van der Waals surface area contributed by atoms with Gasteiger partial charge in [-0.05, 0) is 44.7 Å². The van der Waals surface area contributed by atoms with E-state index in [4.69, 9.17) is 14.5 Å². The number of benzene rings is 2. The van der Waals surface area contributed by atoms with Crippen LogP contribution in [0.3, 0.4) is 0 Å². The monoisotopic (exact) mass is 643 g/mol. The van der Waals surface area contributed by atoms with Crippen LogP contribution in [0.4, 0.5) is 29.2 Å². The molecule has 0 spiro atoms. The van der Waals surface area contributed by atoms with Crippen LogP contribution in [0.25, 0.3) is 0 Å². The summed E-state index contributed by atoms with van der Waals surface area (Å²) in [6.45, 7) is 0.182. The number of hydrogen-bond donors (Lipinski definition) is 1. The number of anilines is 2. The smallest absolute Gasteiger partial charge is 0.387 e. The number of aromatic nitrogens is 1. The lowest BCUT2D eigenvalue weighted by molar-refractivity contribution is -0.118. The van der Waals surface area contributed by atoms with E-state index in [-0.39, 0.29) is 28.9 Å². The molecule has 4 heterocycles. The maximum absolute atomic E-state index is 15.6. The Bertz CT molecular complexity index is 1620. The highest BCUT2D eigenvalue weighted by Crippen LogP contribution is 2.42. The molecule has 2 bridgehead atoms. The Morgan fingerprint density at radius 2 is 1.57 bits per heavy atom. The number of fused-ring (bicyclic) bond motifs is 2. The van der Waals surface area contributed by atoms with E-state index in [1.54, 1.807) is 19.1 Å². The van der Waals surface area contributed by atoms with Crippen LogP contribution in [0, 0.1) is 11.6 Å². The summed E-state index contributed by atoms with van der Waals surface area (Å²) in [4.78, 5) is 38.2. The average Bonchev–Trinajstić information content (AvgIpc) is 3.67. The number of likely N-dealkylation sites (N-methyl/N-ethyl adjacent to an activating group) is 1. The van der Waals surface area contributed by atoms with Crippen molar-refractivity contribution in [1.29, 1.82) is 0 Å². The summed E-state index contributed by atoms with van der Waals surface area (Å²) in [5.74, 6) is -3.48. The number of halogens is 4. The van der Waals surface area contributed by atoms with Crippen molar-refractivity contribution in [3.63, 3.8) is 0 Å². The SMILES string of the molecule is COc1cc(N2C[C@@H]3C[C@H]2CN3C)nc(N2C(=O)[C@@H](NC(=O)c3ccc(OC(F)F)cc3)[C@H](c3c(F)cc(OC)cc3F)[C@H]2C)c1. The Hall–Kier alpha value is -4.59. The van der Waals surface area contributed by atoms with Gasteiger partial charge in [-0.15, -0.1) is 0 Å². The van der Waals surface area contributed by atoms with Crippen molar-refractivity contribution < 1.29 is 41.4 Å². The lowest BCUT2D eigenvalue weighted by atomic mass is 9.87. The molecule has 46 heavy (non-hydrogen) atoms. The Morgan fingerprint density at radius 1 is 0.935 bits per heavy atom. The van der Waals surface area contributed by atoms with E-state index in [1.807, 2.05) is 0 Å². The molecule has 3 aliphatic rings. The first-order valence-corrected chi connectivity index (χ1v) is 14.7. The molecule has 1 N–H and O–H groups in total. The van der Waals surface area contributed by atoms with Crippen LogP contribution in [0.2, 0.25) is 0 Å². The molecule has 2 aromatic carbocycles. The number of carbonyl (C=O) groups excluding carboxylic acids is 2. The summed E-state index contributed by atoms with van der Waals surface area (Å²) in [6.07, 6.45) is 0.977. The molecule has 14 heteroatoms. The molecule has 3 aromatic rings. The molecule has 0 aliphatic carbocycles. The highest BCUT2D eigenvalue weighted by atomic mass is 19.3. The fourth-order valence-electron chi connectivity index (χ4n) is 6.85. The van der Waals surface area contributed by atoms with Gasteiger partial charge in [-0.2, -0.15) is 8.78 Å². The quantitative estimate of drug-likeness (QED) is 0.347. The van der Waals surface area contributed by atoms with Crippen molar-refractivity contribution in [2.24, 2.45) is 0 Å². The standard InChI is InChI=1S/C32H33F4N5O5/c1-16-27(28-23(33)10-21(44-3)11-24(28)34)29(38-30(42)17-5-7-20(8-6-17)46-32(35)36)31(43)41(16)26-13-22(45-4)12-25(37-26)40-15-18-9-19(40)14-39(18)2/h5-8,10-13,16,18-19,27,29,32H,9,14-15H2,1-4H3,(H,38,42)/t16-,18+,19+,27+,29+/m1/s1. The van der Waals surface area contributed by atoms with E-state index < -0.39 is 53.6 Å². The van der Waals surface area contributed by atoms with Crippen LogP contribution in [0.5, 0.6) is 17.2 Å². The van der Waals surface area contributed by atoms with Gasteiger partial charge < -0.3 is 24.4 Å². The van der Waals surface area contributed by atoms with Crippen molar-refractivity contribution in [3.8, 4) is 17.2 Å². The second kappa shape index (κ2) is 12.3. The topological polar surface area (TPSA) is 96.5 Å². The molecule has 1 aromatic heterocycles. The van der Waals surface area contributed by atoms with Gasteiger partial charge in [0.05, 0.1) is 14.2 Å². The summed E-state index contributed by atoms with van der Waals surface area (Å²) in [5.41, 5.74) is -0.385. The van der Waals surface area contributed by atoms with Gasteiger partial charge >= 0.3 is 6.61 Å². The number of nitrogens with one attached hydrogen (secondary N) is 1. The number of hydrogen-bond acceptors (Lipinski definition) is 8. The maximum atomic E-state index is 15.6. The van der Waals surface area contributed by atoms with Crippen molar-refractivity contribution >= 4 is 23.5 Å². The number of nitrogens with zero attached hydrogens (tertiary/aromatic N) is 4. The number of piperazine rings is 1. The number of alkyl halides is 2. The Morgan fingerprint density at radius 3 is 2.13 bits per heavy atom. The minimum Gasteiger partial charge on any atom is -0.497 e. The largest absolute Gasteiger partial charge is 0.497 e. The second-order valence-electron chi connectivity index (χ2n) is 11.7. The molecular formula is C32H33F4N5O5. The van der Waals surface area contributed by atoms with Gasteiger partial charge in [0, 0.05) is 72.5 Å². The molecule has 3 aliphatic heterocycles. The number of ether oxygens (including phenoxy) is 3. The van der Waals surface area contributed by atoms with Crippen LogP contribution < -0.4 is 29.3 Å². The van der Waals surface area contributed by atoms with Crippen LogP contribution in [0.1, 0.15) is 35.2 Å². The number of pyridine rings is 1. The Labute approximate surface area is 262 Å². The van der Waals surface area contributed by atoms with Crippen molar-refractivity contribution in [3.05, 3.63) is 71.3 Å². The second-order valence-corrected chi connectivity index (χ2v) is 11.7. The highest BCUT2D eigenvalue weighted by Gasteiger charge is 2.51. The zero-order chi connectivity index (χ0) is 32.9. The third-order valence-corrected chi connectivity index (χ3v) is 9.10. The highest BCUT2D eigenvalue weighted by molar-refractivity contribution is 6.05. The van der Waals surface area contributed by atoms with Crippen LogP contribution in [-0.2, 0) is 4.79 Å². The first-order chi connectivity index (χ1) is 22.0. The van der Waals surface area contributed by atoms with Crippen molar-refractivity contribution in [2.75, 3.05) is 44.2 Å². The summed E-state index contributed by atoms with van der Waals surface area (Å²) in [7, 11) is 4.84. The number of methoxy groups -OCH3 is 2. The minimum absolute atomic E-state index is 0.0192. The molecule has 10 nitrogen and oxygen atoms in total. The summed E-state index contributed by atoms with van der Waals surface area (Å²) >= 11 is 0. The van der Waals surface area contributed by atoms with Gasteiger partial charge in [-0.3, -0.25) is 19.4 Å². The fraction of sp³-hybridized carbons (Fsp3) is 0.406. The molecule has 2 amide bonds. The number of amides is 2. The molecule has 5 atom stereocenters. The van der Waals surface area contributed by atoms with Gasteiger partial charge in [0.15, 0.2) is 0 Å². The van der Waals surface area contributed by atoms with Gasteiger partial charge in [0.1, 0.15) is 46.6 Å². The molecule has 3 saturated heterocycles. The van der Waals surface area contributed by atoms with E-state index in [9.17, 15) is 18.4 Å². The van der Waals surface area contributed by atoms with Gasteiger partial charge in [0.2, 0.25) is 0 Å². The van der Waals surface area contributed by atoms with Gasteiger partial charge in [-0.25, -0.2) is 13.8 Å². The molecule has 244 valence electrons. The summed E-state index contributed by atoms with van der Waals surface area (Å²) < 4.78 is 71.3. The normalized spacial score (nSPS) is 24.2. The van der Waals surface area contributed by atoms with E-state index in [2.05, 4.69) is 26.9 Å². The fourth-order valence-corrected chi connectivity index (χ4v) is 6.85. The van der Waals surface area contributed by atoms with Crippen LogP contribution in [-0.4, -0.2) is 86.8 Å². The lowest BCUT2D eigenvalue weighted by Crippen LogP contribution is -2.45. The number of rotatable bonds is 9. The number of carbonyl (C=O) groups is 2. The van der Waals surface area contributed by atoms with Gasteiger partial charge in [-0.1, -0.05) is 0 Å². The van der Waals surface area contributed by atoms with Crippen molar-refractivity contribution in [2.45, 2.75) is 50.0 Å². The third-order valence-electron chi connectivity index (χ3n) is 9.10. The zero-order valence-corrected chi connectivity index (χ0v) is 25.5. The zero-order valence-electron chi connectivity index (χ0n) is 25.5.